The smallest absolute Gasteiger partial charge is 0.172 e. The van der Waals surface area contributed by atoms with E-state index >= 15 is 0 Å². The van der Waals surface area contributed by atoms with E-state index in [9.17, 15) is 0 Å². The molecule has 19 heavy (non-hydrogen) atoms. The van der Waals surface area contributed by atoms with Gasteiger partial charge < -0.3 is 0 Å². The van der Waals surface area contributed by atoms with Gasteiger partial charge in [-0.2, -0.15) is 5.26 Å². The van der Waals surface area contributed by atoms with Crippen LogP contribution in [-0.4, -0.2) is 5.71 Å². The van der Waals surface area contributed by atoms with Gasteiger partial charge in [0.1, 0.15) is 6.07 Å². The summed E-state index contributed by atoms with van der Waals surface area (Å²) in [6, 6.07) is 18.0. The van der Waals surface area contributed by atoms with Crippen molar-refractivity contribution in [3.8, 4) is 6.07 Å². The predicted octanol–water partition coefficient (Wildman–Crippen LogP) is 4.35. The van der Waals surface area contributed by atoms with Crippen molar-refractivity contribution in [1.29, 1.82) is 5.26 Å². The second-order valence-electron chi connectivity index (χ2n) is 3.60. The van der Waals surface area contributed by atoms with Crippen LogP contribution >= 0.6 is 11.6 Å². The standard InChI is InChI=1S/C14H9ClN4/c15-12-6-4-5-11(9-12)14(10-16)18-19-17-13-7-2-1-3-8-13/h1-9H/b18-14-,19-17?. The van der Waals surface area contributed by atoms with Crippen LogP contribution in [0.4, 0.5) is 5.69 Å². The third-order valence-electron chi connectivity index (χ3n) is 2.27. The molecule has 0 atom stereocenters. The van der Waals surface area contributed by atoms with E-state index in [0.717, 1.165) is 0 Å². The fourth-order valence-electron chi connectivity index (χ4n) is 1.39. The topological polar surface area (TPSA) is 60.9 Å². The molecule has 4 nitrogen and oxygen atoms in total. The molecule has 0 saturated carbocycles. The first-order chi connectivity index (χ1) is 9.29. The van der Waals surface area contributed by atoms with Gasteiger partial charge in [-0.15, -0.1) is 10.2 Å². The van der Waals surface area contributed by atoms with Crippen molar-refractivity contribution in [2.75, 3.05) is 0 Å². The molecule has 0 spiro atoms. The molecular formula is C14H9ClN4. The third kappa shape index (κ3) is 3.73. The molecule has 0 bridgehead atoms. The van der Waals surface area contributed by atoms with E-state index in [1.54, 1.807) is 36.4 Å². The molecule has 0 amide bonds. The molecule has 92 valence electrons. The Morgan fingerprint density at radius 2 is 1.84 bits per heavy atom. The van der Waals surface area contributed by atoms with Crippen molar-refractivity contribution in [2.24, 2.45) is 15.4 Å². The fraction of sp³-hybridized carbons (Fsp3) is 0. The number of nitrogens with zero attached hydrogens (tertiary/aromatic N) is 4. The lowest BCUT2D eigenvalue weighted by Crippen LogP contribution is -1.95. The van der Waals surface area contributed by atoms with Crippen molar-refractivity contribution in [3.05, 3.63) is 65.2 Å². The van der Waals surface area contributed by atoms with Crippen LogP contribution in [0, 0.1) is 11.3 Å². The molecule has 2 aromatic carbocycles. The zero-order chi connectivity index (χ0) is 13.5. The number of hydrogen-bond donors (Lipinski definition) is 0. The lowest BCUT2D eigenvalue weighted by Gasteiger charge is -1.96. The monoisotopic (exact) mass is 268 g/mol. The minimum atomic E-state index is 0.169. The van der Waals surface area contributed by atoms with Crippen molar-refractivity contribution in [3.63, 3.8) is 0 Å². The lowest BCUT2D eigenvalue weighted by atomic mass is 10.1. The highest BCUT2D eigenvalue weighted by molar-refractivity contribution is 6.31. The molecule has 5 heteroatoms. The van der Waals surface area contributed by atoms with E-state index in [1.807, 2.05) is 24.3 Å². The zero-order valence-corrected chi connectivity index (χ0v) is 10.6. The molecule has 2 rings (SSSR count). The molecule has 0 aliphatic carbocycles. The molecular weight excluding hydrogens is 260 g/mol. The van der Waals surface area contributed by atoms with Gasteiger partial charge in [-0.25, -0.2) is 0 Å². The molecule has 0 heterocycles. The van der Waals surface area contributed by atoms with Gasteiger partial charge in [0.25, 0.3) is 0 Å². The fourth-order valence-corrected chi connectivity index (χ4v) is 1.58. The molecule has 0 fully saturated rings. The van der Waals surface area contributed by atoms with Gasteiger partial charge in [0.2, 0.25) is 0 Å². The number of benzene rings is 2. The summed E-state index contributed by atoms with van der Waals surface area (Å²) in [6.07, 6.45) is 0. The van der Waals surface area contributed by atoms with Crippen LogP contribution in [0.3, 0.4) is 0 Å². The molecule has 0 unspecified atom stereocenters. The Bertz CT molecular complexity index is 657. The molecule has 0 saturated heterocycles. The summed E-state index contributed by atoms with van der Waals surface area (Å²) in [5, 5.41) is 20.9. The summed E-state index contributed by atoms with van der Waals surface area (Å²) in [4.78, 5) is 0. The lowest BCUT2D eigenvalue weighted by molar-refractivity contribution is 1.06. The largest absolute Gasteiger partial charge is 0.191 e. The van der Waals surface area contributed by atoms with E-state index < -0.39 is 0 Å². The van der Waals surface area contributed by atoms with E-state index in [1.165, 1.54) is 0 Å². The molecule has 0 aliphatic rings. The van der Waals surface area contributed by atoms with Crippen LogP contribution < -0.4 is 0 Å². The first kappa shape index (κ1) is 12.9. The van der Waals surface area contributed by atoms with Crippen LogP contribution in [-0.2, 0) is 0 Å². The van der Waals surface area contributed by atoms with Crippen LogP contribution in [0.2, 0.25) is 5.02 Å². The summed E-state index contributed by atoms with van der Waals surface area (Å²) in [6.45, 7) is 0. The van der Waals surface area contributed by atoms with Gasteiger partial charge in [-0.3, -0.25) is 0 Å². The number of hydrogen-bond acceptors (Lipinski definition) is 3. The first-order valence-electron chi connectivity index (χ1n) is 5.49. The third-order valence-corrected chi connectivity index (χ3v) is 2.50. The summed E-state index contributed by atoms with van der Waals surface area (Å²) < 4.78 is 0. The second kappa shape index (κ2) is 6.43. The average molecular weight is 269 g/mol. The summed E-state index contributed by atoms with van der Waals surface area (Å²) >= 11 is 5.86. The maximum absolute atomic E-state index is 9.04. The van der Waals surface area contributed by atoms with Gasteiger partial charge in [-0.1, -0.05) is 41.9 Å². The Balaban J connectivity index is 2.21. The number of rotatable bonds is 3. The number of halogens is 1. The van der Waals surface area contributed by atoms with E-state index in [4.69, 9.17) is 16.9 Å². The van der Waals surface area contributed by atoms with E-state index in [-0.39, 0.29) is 5.71 Å². The second-order valence-corrected chi connectivity index (χ2v) is 4.03. The highest BCUT2D eigenvalue weighted by atomic mass is 35.5. The van der Waals surface area contributed by atoms with Crippen molar-refractivity contribution < 1.29 is 0 Å². The SMILES string of the molecule is N#C/C(=N/N=Nc1ccccc1)c1cccc(Cl)c1. The van der Waals surface area contributed by atoms with Gasteiger partial charge in [0.05, 0.1) is 5.69 Å². The highest BCUT2D eigenvalue weighted by Gasteiger charge is 2.02. The molecule has 0 aliphatic heterocycles. The Labute approximate surface area is 115 Å². The minimum absolute atomic E-state index is 0.169. The maximum Gasteiger partial charge on any atom is 0.172 e. The van der Waals surface area contributed by atoms with Gasteiger partial charge in [-0.05, 0) is 29.5 Å². The molecule has 0 radical (unpaired) electrons. The minimum Gasteiger partial charge on any atom is -0.191 e. The molecule has 2 aromatic rings. The van der Waals surface area contributed by atoms with Gasteiger partial charge in [0, 0.05) is 10.6 Å². The van der Waals surface area contributed by atoms with Crippen LogP contribution in [0.15, 0.2) is 70.0 Å². The molecule has 0 aromatic heterocycles. The van der Waals surface area contributed by atoms with Crippen molar-refractivity contribution in [2.45, 2.75) is 0 Å². The molecule has 0 N–H and O–H groups in total. The summed E-state index contributed by atoms with van der Waals surface area (Å²) in [7, 11) is 0. The Morgan fingerprint density at radius 3 is 2.53 bits per heavy atom. The average Bonchev–Trinajstić information content (AvgIpc) is 2.45. The van der Waals surface area contributed by atoms with Crippen LogP contribution in [0.1, 0.15) is 5.56 Å². The quantitative estimate of drug-likeness (QED) is 0.464. The van der Waals surface area contributed by atoms with E-state index in [2.05, 4.69) is 15.4 Å². The maximum atomic E-state index is 9.04. The van der Waals surface area contributed by atoms with Gasteiger partial charge >= 0.3 is 0 Å². The van der Waals surface area contributed by atoms with Crippen molar-refractivity contribution >= 4 is 23.0 Å². The Hall–Kier alpha value is -2.51. The predicted molar refractivity (Wildman–Crippen MR) is 74.6 cm³/mol. The van der Waals surface area contributed by atoms with Crippen LogP contribution in [0.5, 0.6) is 0 Å². The zero-order valence-electron chi connectivity index (χ0n) is 9.86. The van der Waals surface area contributed by atoms with Gasteiger partial charge in [0.15, 0.2) is 5.71 Å². The Morgan fingerprint density at radius 1 is 1.05 bits per heavy atom. The number of nitriles is 1. The van der Waals surface area contributed by atoms with Crippen molar-refractivity contribution in [1.82, 2.24) is 0 Å². The highest BCUT2D eigenvalue weighted by Crippen LogP contribution is 2.13. The Kier molecular flexibility index (Phi) is 4.38. The summed E-state index contributed by atoms with van der Waals surface area (Å²) in [5.41, 5.74) is 1.46. The first-order valence-corrected chi connectivity index (χ1v) is 5.87. The normalized spacial score (nSPS) is 11.5. The van der Waals surface area contributed by atoms with E-state index in [0.29, 0.717) is 16.3 Å². The van der Waals surface area contributed by atoms with Crippen LogP contribution in [0.25, 0.3) is 0 Å². The summed E-state index contributed by atoms with van der Waals surface area (Å²) in [5.74, 6) is 0.